The Morgan fingerprint density at radius 1 is 0.962 bits per heavy atom. The van der Waals surface area contributed by atoms with Crippen molar-refractivity contribution in [2.75, 3.05) is 0 Å². The Morgan fingerprint density at radius 2 is 1.65 bits per heavy atom. The van der Waals surface area contributed by atoms with Gasteiger partial charge in [0.1, 0.15) is 5.37 Å². The molecular formula is C21H17Cl2NOS. The van der Waals surface area contributed by atoms with Crippen LogP contribution in [0.1, 0.15) is 26.9 Å². The normalized spacial score (nSPS) is 11.8. The smallest absolute Gasteiger partial charge is 0.252 e. The van der Waals surface area contributed by atoms with Crippen LogP contribution in [-0.2, 0) is 0 Å². The van der Waals surface area contributed by atoms with Gasteiger partial charge < -0.3 is 5.32 Å². The molecule has 3 aromatic rings. The lowest BCUT2D eigenvalue weighted by Gasteiger charge is -2.21. The van der Waals surface area contributed by atoms with Crippen LogP contribution in [0.5, 0.6) is 0 Å². The van der Waals surface area contributed by atoms with E-state index in [0.717, 1.165) is 16.0 Å². The highest BCUT2D eigenvalue weighted by Crippen LogP contribution is 2.38. The second-order valence-electron chi connectivity index (χ2n) is 5.77. The molecule has 0 bridgehead atoms. The van der Waals surface area contributed by atoms with Crippen LogP contribution >= 0.6 is 35.0 Å². The van der Waals surface area contributed by atoms with E-state index in [2.05, 4.69) is 5.32 Å². The minimum atomic E-state index is -0.339. The lowest BCUT2D eigenvalue weighted by molar-refractivity contribution is 0.0949. The van der Waals surface area contributed by atoms with Gasteiger partial charge in [-0.15, -0.1) is 0 Å². The molecule has 26 heavy (non-hydrogen) atoms. The summed E-state index contributed by atoms with van der Waals surface area (Å²) < 4.78 is 0. The van der Waals surface area contributed by atoms with Crippen LogP contribution in [0.3, 0.4) is 0 Å². The molecule has 0 aliphatic rings. The highest BCUT2D eigenvalue weighted by Gasteiger charge is 2.20. The van der Waals surface area contributed by atoms with E-state index in [0.29, 0.717) is 15.6 Å². The maximum Gasteiger partial charge on any atom is 0.252 e. The van der Waals surface area contributed by atoms with Gasteiger partial charge in [0.15, 0.2) is 0 Å². The van der Waals surface area contributed by atoms with Gasteiger partial charge in [0, 0.05) is 26.1 Å². The zero-order valence-corrected chi connectivity index (χ0v) is 16.4. The van der Waals surface area contributed by atoms with Crippen molar-refractivity contribution in [2.45, 2.75) is 17.2 Å². The average Bonchev–Trinajstić information content (AvgIpc) is 2.64. The van der Waals surface area contributed by atoms with Gasteiger partial charge in [-0.25, -0.2) is 0 Å². The monoisotopic (exact) mass is 401 g/mol. The second-order valence-corrected chi connectivity index (χ2v) is 7.76. The second kappa shape index (κ2) is 8.63. The Kier molecular flexibility index (Phi) is 6.25. The van der Waals surface area contributed by atoms with Crippen LogP contribution in [-0.4, -0.2) is 5.91 Å². The Morgan fingerprint density at radius 3 is 2.35 bits per heavy atom. The molecule has 1 N–H and O–H groups in total. The Hall–Kier alpha value is -1.94. The van der Waals surface area contributed by atoms with Gasteiger partial charge in [-0.1, -0.05) is 77.4 Å². The third-order valence-electron chi connectivity index (χ3n) is 3.88. The molecule has 1 unspecified atom stereocenters. The van der Waals surface area contributed by atoms with Crippen LogP contribution in [0.25, 0.3) is 0 Å². The lowest BCUT2D eigenvalue weighted by atomic mass is 10.2. The average molecular weight is 402 g/mol. The highest BCUT2D eigenvalue weighted by atomic mass is 35.5. The summed E-state index contributed by atoms with van der Waals surface area (Å²) in [5.41, 5.74) is 2.56. The molecule has 0 saturated heterocycles. The fourth-order valence-corrected chi connectivity index (χ4v) is 4.24. The molecule has 132 valence electrons. The molecule has 1 atom stereocenters. The van der Waals surface area contributed by atoms with Gasteiger partial charge in [-0.05, 0) is 42.8 Å². The first-order valence-corrected chi connectivity index (χ1v) is 9.71. The molecule has 0 radical (unpaired) electrons. The molecule has 1 amide bonds. The summed E-state index contributed by atoms with van der Waals surface area (Å²) in [6, 6.07) is 22.5. The molecule has 0 aliphatic carbocycles. The zero-order valence-electron chi connectivity index (χ0n) is 14.1. The Labute approximate surface area is 167 Å². The number of rotatable bonds is 5. The van der Waals surface area contributed by atoms with Crippen molar-refractivity contribution in [2.24, 2.45) is 0 Å². The minimum absolute atomic E-state index is 0.150. The van der Waals surface area contributed by atoms with E-state index in [1.54, 1.807) is 36.0 Å². The van der Waals surface area contributed by atoms with Crippen molar-refractivity contribution < 1.29 is 4.79 Å². The third-order valence-corrected chi connectivity index (χ3v) is 5.76. The van der Waals surface area contributed by atoms with Crippen molar-refractivity contribution in [1.29, 1.82) is 0 Å². The van der Waals surface area contributed by atoms with E-state index in [4.69, 9.17) is 23.2 Å². The first kappa shape index (κ1) is 18.8. The first-order valence-electron chi connectivity index (χ1n) is 8.08. The molecule has 0 heterocycles. The first-order chi connectivity index (χ1) is 12.5. The Balaban J connectivity index is 1.93. The minimum Gasteiger partial charge on any atom is -0.336 e. The quantitative estimate of drug-likeness (QED) is 0.389. The van der Waals surface area contributed by atoms with Gasteiger partial charge in [0.05, 0.1) is 0 Å². The fourth-order valence-electron chi connectivity index (χ4n) is 2.49. The lowest BCUT2D eigenvalue weighted by Crippen LogP contribution is -2.26. The number of hydrogen-bond donors (Lipinski definition) is 1. The van der Waals surface area contributed by atoms with E-state index in [1.807, 2.05) is 55.5 Å². The maximum atomic E-state index is 12.7. The van der Waals surface area contributed by atoms with Crippen LogP contribution in [0.4, 0.5) is 0 Å². The molecule has 0 aliphatic heterocycles. The number of aryl methyl sites for hydroxylation is 1. The van der Waals surface area contributed by atoms with E-state index >= 15 is 0 Å². The summed E-state index contributed by atoms with van der Waals surface area (Å²) in [4.78, 5) is 13.8. The van der Waals surface area contributed by atoms with E-state index in [9.17, 15) is 4.79 Å². The van der Waals surface area contributed by atoms with E-state index < -0.39 is 0 Å². The summed E-state index contributed by atoms with van der Waals surface area (Å²) in [7, 11) is 0. The van der Waals surface area contributed by atoms with Gasteiger partial charge in [-0.3, -0.25) is 4.79 Å². The molecule has 0 fully saturated rings. The van der Waals surface area contributed by atoms with Gasteiger partial charge in [0.2, 0.25) is 0 Å². The standard InChI is InChI=1S/C21H17Cl2NOS/c1-14-7-5-6-10-19(14)26-21(17-12-11-16(22)13-18(17)23)24-20(25)15-8-3-2-4-9-15/h2-13,21H,1H3,(H,24,25). The topological polar surface area (TPSA) is 29.1 Å². The molecule has 3 rings (SSSR count). The zero-order chi connectivity index (χ0) is 18.5. The van der Waals surface area contributed by atoms with Crippen LogP contribution in [0.2, 0.25) is 10.0 Å². The number of nitrogens with one attached hydrogen (secondary N) is 1. The number of carbonyl (C=O) groups excluding carboxylic acids is 1. The van der Waals surface area contributed by atoms with Gasteiger partial charge in [-0.2, -0.15) is 0 Å². The molecule has 0 saturated carbocycles. The van der Waals surface area contributed by atoms with Crippen molar-refractivity contribution in [3.63, 3.8) is 0 Å². The van der Waals surface area contributed by atoms with Crippen molar-refractivity contribution in [3.8, 4) is 0 Å². The number of hydrogen-bond acceptors (Lipinski definition) is 2. The number of carbonyl (C=O) groups is 1. The van der Waals surface area contributed by atoms with Crippen LogP contribution in [0.15, 0.2) is 77.7 Å². The van der Waals surface area contributed by atoms with E-state index in [1.165, 1.54) is 0 Å². The number of halogens is 2. The summed E-state index contributed by atoms with van der Waals surface area (Å²) >= 11 is 14.0. The summed E-state index contributed by atoms with van der Waals surface area (Å²) in [6.45, 7) is 2.04. The molecule has 5 heteroatoms. The third kappa shape index (κ3) is 4.61. The number of amides is 1. The van der Waals surface area contributed by atoms with Gasteiger partial charge in [0.25, 0.3) is 5.91 Å². The highest BCUT2D eigenvalue weighted by molar-refractivity contribution is 7.99. The fraction of sp³-hybridized carbons (Fsp3) is 0.0952. The van der Waals surface area contributed by atoms with E-state index in [-0.39, 0.29) is 11.3 Å². The molecule has 2 nitrogen and oxygen atoms in total. The van der Waals surface area contributed by atoms with Crippen molar-refractivity contribution in [3.05, 3.63) is 99.5 Å². The number of thioether (sulfide) groups is 1. The number of benzene rings is 3. The van der Waals surface area contributed by atoms with Crippen molar-refractivity contribution >= 4 is 40.9 Å². The van der Waals surface area contributed by atoms with Crippen molar-refractivity contribution in [1.82, 2.24) is 5.32 Å². The SMILES string of the molecule is Cc1ccccc1SC(NC(=O)c1ccccc1)c1ccc(Cl)cc1Cl. The maximum absolute atomic E-state index is 12.7. The molecule has 3 aromatic carbocycles. The molecular weight excluding hydrogens is 385 g/mol. The summed E-state index contributed by atoms with van der Waals surface area (Å²) in [6.07, 6.45) is 0. The predicted molar refractivity (Wildman–Crippen MR) is 110 cm³/mol. The predicted octanol–water partition coefficient (Wildman–Crippen LogP) is 6.52. The largest absolute Gasteiger partial charge is 0.336 e. The summed E-state index contributed by atoms with van der Waals surface area (Å²) in [5, 5.41) is 3.83. The molecule has 0 spiro atoms. The Bertz CT molecular complexity index is 915. The van der Waals surface area contributed by atoms with Gasteiger partial charge >= 0.3 is 0 Å². The molecule has 0 aromatic heterocycles. The van der Waals surface area contributed by atoms with Crippen LogP contribution in [0, 0.1) is 6.92 Å². The van der Waals surface area contributed by atoms with Crippen LogP contribution < -0.4 is 5.32 Å². The summed E-state index contributed by atoms with van der Waals surface area (Å²) in [5.74, 6) is -0.150.